The highest BCUT2D eigenvalue weighted by Crippen LogP contribution is 2.23. The van der Waals surface area contributed by atoms with Crippen molar-refractivity contribution in [1.82, 2.24) is 0 Å². The van der Waals surface area contributed by atoms with Crippen LogP contribution >= 0.6 is 0 Å². The average molecular weight is 144 g/mol. The van der Waals surface area contributed by atoms with Crippen molar-refractivity contribution in [2.45, 2.75) is 34.1 Å². The van der Waals surface area contributed by atoms with Crippen LogP contribution in [-0.4, -0.2) is 11.1 Å². The van der Waals surface area contributed by atoms with Gasteiger partial charge in [0.2, 0.25) is 0 Å². The van der Waals surface area contributed by atoms with Gasteiger partial charge in [-0.1, -0.05) is 27.7 Å². The van der Waals surface area contributed by atoms with Crippen LogP contribution in [0.5, 0.6) is 0 Å². The highest BCUT2D eigenvalue weighted by atomic mass is 16.4. The first-order valence-electron chi connectivity index (χ1n) is 3.56. The molecule has 0 bridgehead atoms. The molecule has 0 radical (unpaired) electrons. The maximum Gasteiger partial charge on any atom is 0.306 e. The van der Waals surface area contributed by atoms with Gasteiger partial charge in [-0.25, -0.2) is 0 Å². The third kappa shape index (κ3) is 4.36. The van der Waals surface area contributed by atoms with Gasteiger partial charge in [-0.15, -0.1) is 0 Å². The molecule has 0 aromatic carbocycles. The Balaban J connectivity index is 3.80. The van der Waals surface area contributed by atoms with Gasteiger partial charge in [0.15, 0.2) is 0 Å². The summed E-state index contributed by atoms with van der Waals surface area (Å²) in [5.74, 6) is -0.921. The molecule has 0 aliphatic rings. The fourth-order valence-electron chi connectivity index (χ4n) is 1.01. The molecule has 0 heterocycles. The highest BCUT2D eigenvalue weighted by Gasteiger charge is 2.19. The van der Waals surface area contributed by atoms with Crippen molar-refractivity contribution in [2.75, 3.05) is 0 Å². The predicted octanol–water partition coefficient (Wildman–Crippen LogP) is 2.14. The molecule has 0 rings (SSSR count). The minimum absolute atomic E-state index is 0.123. The summed E-state index contributed by atoms with van der Waals surface area (Å²) in [5, 5.41) is 8.55. The van der Waals surface area contributed by atoms with E-state index in [0.29, 0.717) is 0 Å². The van der Waals surface area contributed by atoms with Gasteiger partial charge in [0.1, 0.15) is 0 Å². The molecule has 0 aliphatic heterocycles. The molecule has 2 nitrogen and oxygen atoms in total. The van der Waals surface area contributed by atoms with E-state index < -0.39 is 5.97 Å². The van der Waals surface area contributed by atoms with Gasteiger partial charge < -0.3 is 5.11 Å². The molecule has 0 saturated heterocycles. The van der Waals surface area contributed by atoms with E-state index in [1.807, 2.05) is 20.8 Å². The molecular formula is C8H16O2. The van der Waals surface area contributed by atoms with Crippen LogP contribution in [0.1, 0.15) is 34.1 Å². The highest BCUT2D eigenvalue weighted by molar-refractivity contribution is 5.69. The second-order valence-electron chi connectivity index (χ2n) is 4.00. The minimum Gasteiger partial charge on any atom is -0.481 e. The Kier molecular flexibility index (Phi) is 2.88. The Bertz CT molecular complexity index is 122. The summed E-state index contributed by atoms with van der Waals surface area (Å²) >= 11 is 0. The molecule has 60 valence electrons. The molecule has 1 atom stereocenters. The smallest absolute Gasteiger partial charge is 0.306 e. The molecule has 0 fully saturated rings. The first-order valence-corrected chi connectivity index (χ1v) is 3.56. The summed E-state index contributed by atoms with van der Waals surface area (Å²) in [4.78, 5) is 10.4. The number of carboxylic acid groups (broad SMARTS) is 1. The predicted molar refractivity (Wildman–Crippen MR) is 40.9 cm³/mol. The van der Waals surface area contributed by atoms with Gasteiger partial charge in [-0.05, 0) is 11.8 Å². The van der Waals surface area contributed by atoms with Crippen molar-refractivity contribution in [3.8, 4) is 0 Å². The minimum atomic E-state index is -0.699. The third-order valence-corrected chi connectivity index (χ3v) is 1.34. The van der Waals surface area contributed by atoms with E-state index in [2.05, 4.69) is 0 Å². The van der Waals surface area contributed by atoms with Crippen LogP contribution in [0.4, 0.5) is 0 Å². The van der Waals surface area contributed by atoms with E-state index in [1.165, 1.54) is 0 Å². The zero-order valence-electron chi connectivity index (χ0n) is 7.14. The molecule has 1 unspecified atom stereocenters. The molecular weight excluding hydrogens is 128 g/mol. The van der Waals surface area contributed by atoms with Crippen molar-refractivity contribution in [3.63, 3.8) is 0 Å². The van der Waals surface area contributed by atoms with E-state index in [-0.39, 0.29) is 11.3 Å². The van der Waals surface area contributed by atoms with Crippen molar-refractivity contribution in [1.29, 1.82) is 0 Å². The van der Waals surface area contributed by atoms with Gasteiger partial charge in [0, 0.05) is 0 Å². The zero-order valence-corrected chi connectivity index (χ0v) is 7.14. The van der Waals surface area contributed by atoms with E-state index in [4.69, 9.17) is 5.11 Å². The van der Waals surface area contributed by atoms with Gasteiger partial charge in [0.25, 0.3) is 0 Å². The number of aliphatic carboxylic acids is 1. The fraction of sp³-hybridized carbons (Fsp3) is 0.875. The normalized spacial score (nSPS) is 14.8. The molecule has 0 aromatic heterocycles. The lowest BCUT2D eigenvalue weighted by Crippen LogP contribution is -2.17. The van der Waals surface area contributed by atoms with Crippen LogP contribution in [0.2, 0.25) is 0 Å². The molecule has 10 heavy (non-hydrogen) atoms. The number of hydrogen-bond donors (Lipinski definition) is 1. The van der Waals surface area contributed by atoms with E-state index in [1.54, 1.807) is 6.92 Å². The molecule has 0 spiro atoms. The van der Waals surface area contributed by atoms with Crippen LogP contribution < -0.4 is 0 Å². The van der Waals surface area contributed by atoms with Crippen LogP contribution in [-0.2, 0) is 4.79 Å². The second-order valence-corrected chi connectivity index (χ2v) is 4.00. The summed E-state index contributed by atoms with van der Waals surface area (Å²) in [6, 6.07) is 0. The Morgan fingerprint density at radius 3 is 2.00 bits per heavy atom. The first-order chi connectivity index (χ1) is 4.33. The molecule has 0 saturated carbocycles. The number of rotatable bonds is 2. The van der Waals surface area contributed by atoms with E-state index in [0.717, 1.165) is 6.42 Å². The lowest BCUT2D eigenvalue weighted by atomic mass is 9.86. The summed E-state index contributed by atoms with van der Waals surface area (Å²) < 4.78 is 0. The summed E-state index contributed by atoms with van der Waals surface area (Å²) in [6.45, 7) is 7.89. The Hall–Kier alpha value is -0.530. The molecule has 0 aliphatic carbocycles. The van der Waals surface area contributed by atoms with Crippen LogP contribution in [0.25, 0.3) is 0 Å². The maximum atomic E-state index is 10.4. The van der Waals surface area contributed by atoms with Gasteiger partial charge in [0.05, 0.1) is 5.92 Å². The largest absolute Gasteiger partial charge is 0.481 e. The summed E-state index contributed by atoms with van der Waals surface area (Å²) in [7, 11) is 0. The van der Waals surface area contributed by atoms with Crippen molar-refractivity contribution >= 4 is 5.97 Å². The van der Waals surface area contributed by atoms with Crippen LogP contribution in [0.15, 0.2) is 0 Å². The standard InChI is InChI=1S/C8H16O2/c1-6(7(9)10)5-8(2,3)4/h6H,5H2,1-4H3,(H,9,10). The maximum absolute atomic E-state index is 10.4. The van der Waals surface area contributed by atoms with E-state index in [9.17, 15) is 4.79 Å². The zero-order chi connectivity index (χ0) is 8.36. The number of carbonyl (C=O) groups is 1. The fourth-order valence-corrected chi connectivity index (χ4v) is 1.01. The van der Waals surface area contributed by atoms with Crippen molar-refractivity contribution in [2.24, 2.45) is 11.3 Å². The van der Waals surface area contributed by atoms with Crippen LogP contribution in [0, 0.1) is 11.3 Å². The Morgan fingerprint density at radius 2 is 1.90 bits per heavy atom. The first kappa shape index (κ1) is 9.47. The van der Waals surface area contributed by atoms with E-state index >= 15 is 0 Å². The van der Waals surface area contributed by atoms with Gasteiger partial charge in [-0.3, -0.25) is 4.79 Å². The monoisotopic (exact) mass is 144 g/mol. The molecule has 1 N–H and O–H groups in total. The van der Waals surface area contributed by atoms with Crippen LogP contribution in [0.3, 0.4) is 0 Å². The molecule has 0 amide bonds. The summed E-state index contributed by atoms with van der Waals surface area (Å²) in [6.07, 6.45) is 0.738. The lowest BCUT2D eigenvalue weighted by molar-refractivity contribution is -0.142. The SMILES string of the molecule is CC(CC(C)(C)C)C(=O)O. The quantitative estimate of drug-likeness (QED) is 0.644. The molecule has 2 heteroatoms. The number of carboxylic acids is 1. The lowest BCUT2D eigenvalue weighted by Gasteiger charge is -2.20. The third-order valence-electron chi connectivity index (χ3n) is 1.34. The second kappa shape index (κ2) is 3.04. The average Bonchev–Trinajstić information content (AvgIpc) is 1.60. The number of hydrogen-bond acceptors (Lipinski definition) is 1. The summed E-state index contributed by atoms with van der Waals surface area (Å²) in [5.41, 5.74) is 0.123. The topological polar surface area (TPSA) is 37.3 Å². The Labute approximate surface area is 62.2 Å². The van der Waals surface area contributed by atoms with Gasteiger partial charge in [-0.2, -0.15) is 0 Å². The molecule has 0 aromatic rings. The van der Waals surface area contributed by atoms with Crippen molar-refractivity contribution < 1.29 is 9.90 Å². The van der Waals surface area contributed by atoms with Crippen molar-refractivity contribution in [3.05, 3.63) is 0 Å². The van der Waals surface area contributed by atoms with Gasteiger partial charge >= 0.3 is 5.97 Å². The Morgan fingerprint density at radius 1 is 1.50 bits per heavy atom.